The maximum absolute atomic E-state index is 12.8. The van der Waals surface area contributed by atoms with Crippen molar-refractivity contribution < 1.29 is 13.6 Å². The molecule has 0 saturated carbocycles. The molecule has 0 amide bonds. The average molecular weight is 307 g/mol. The smallest absolute Gasteiger partial charge is 0.309 e. The molecule has 1 atom stereocenters. The van der Waals surface area contributed by atoms with Gasteiger partial charge in [-0.3, -0.25) is 9.56 Å². The highest BCUT2D eigenvalue weighted by molar-refractivity contribution is 7.54. The Bertz CT molecular complexity index is 532. The van der Waals surface area contributed by atoms with E-state index in [0.717, 1.165) is 5.56 Å². The molecule has 4 nitrogen and oxygen atoms in total. The summed E-state index contributed by atoms with van der Waals surface area (Å²) in [5, 5.41) is 0. The highest BCUT2D eigenvalue weighted by Gasteiger charge is 2.39. The number of allylic oxidation sites excluding steroid dienone is 1. The van der Waals surface area contributed by atoms with Crippen molar-refractivity contribution >= 4 is 13.8 Å². The summed E-state index contributed by atoms with van der Waals surface area (Å²) in [6.07, 6.45) is 6.59. The highest BCUT2D eigenvalue weighted by Crippen LogP contribution is 2.52. The minimum absolute atomic E-state index is 0.267. The molecule has 0 radical (unpaired) electrons. The molecule has 0 aliphatic carbocycles. The van der Waals surface area contributed by atoms with Crippen LogP contribution in [0.2, 0.25) is 0 Å². The lowest BCUT2D eigenvalue weighted by Gasteiger charge is -2.28. The van der Waals surface area contributed by atoms with E-state index >= 15 is 0 Å². The molecule has 5 heteroatoms. The van der Waals surface area contributed by atoms with Crippen molar-refractivity contribution in [1.82, 2.24) is 0 Å². The van der Waals surface area contributed by atoms with Gasteiger partial charge in [-0.15, -0.1) is 0 Å². The van der Waals surface area contributed by atoms with Gasteiger partial charge in [0.05, 0.1) is 24.9 Å². The minimum Gasteiger partial charge on any atom is -0.309 e. The van der Waals surface area contributed by atoms with Crippen LogP contribution in [0, 0.1) is 0 Å². The first-order valence-electron chi connectivity index (χ1n) is 7.26. The van der Waals surface area contributed by atoms with E-state index in [1.165, 1.54) is 0 Å². The lowest BCUT2D eigenvalue weighted by Crippen LogP contribution is -2.31. The predicted octanol–water partition coefficient (Wildman–Crippen LogP) is 3.87. The molecule has 2 rings (SSSR count). The summed E-state index contributed by atoms with van der Waals surface area (Å²) >= 11 is 0. The zero-order chi connectivity index (χ0) is 15.2. The van der Waals surface area contributed by atoms with Crippen LogP contribution in [-0.4, -0.2) is 31.1 Å². The van der Waals surface area contributed by atoms with E-state index in [0.29, 0.717) is 19.6 Å². The van der Waals surface area contributed by atoms with E-state index in [2.05, 4.69) is 17.1 Å². The molecule has 0 aromatic heterocycles. The Balaban J connectivity index is 2.20. The minimum atomic E-state index is -3.14. The molecule has 0 fully saturated rings. The number of hydrogen-bond donors (Lipinski definition) is 0. The first-order chi connectivity index (χ1) is 10.1. The summed E-state index contributed by atoms with van der Waals surface area (Å²) in [4.78, 5) is 4.54. The standard InChI is InChI=1S/C16H22NO3P/c1-3-19-21(18,20-4-2)14-16(11-8-12-17-16)13-15-9-6-5-7-10-15/h5-12H,3-4,13-14H2,1-2H3. The summed E-state index contributed by atoms with van der Waals surface area (Å²) in [5.74, 6) is 0. The molecular formula is C16H22NO3P. The van der Waals surface area contributed by atoms with Crippen LogP contribution in [0.15, 0.2) is 47.5 Å². The van der Waals surface area contributed by atoms with Crippen molar-refractivity contribution in [2.45, 2.75) is 25.8 Å². The van der Waals surface area contributed by atoms with Gasteiger partial charge < -0.3 is 9.05 Å². The molecule has 1 aromatic carbocycles. The Morgan fingerprint density at radius 2 is 1.81 bits per heavy atom. The van der Waals surface area contributed by atoms with Crippen molar-refractivity contribution in [3.63, 3.8) is 0 Å². The summed E-state index contributed by atoms with van der Waals surface area (Å²) in [5.41, 5.74) is 0.613. The molecule has 1 aliphatic heterocycles. The van der Waals surface area contributed by atoms with Crippen LogP contribution in [-0.2, 0) is 20.0 Å². The van der Waals surface area contributed by atoms with Crippen LogP contribution >= 0.6 is 7.60 Å². The lowest BCUT2D eigenvalue weighted by molar-refractivity contribution is 0.216. The number of nitrogens with zero attached hydrogens (tertiary/aromatic N) is 1. The Labute approximate surface area is 126 Å². The van der Waals surface area contributed by atoms with Gasteiger partial charge in [0.25, 0.3) is 0 Å². The fraction of sp³-hybridized carbons (Fsp3) is 0.438. The van der Waals surface area contributed by atoms with E-state index in [4.69, 9.17) is 9.05 Å². The van der Waals surface area contributed by atoms with Gasteiger partial charge in [0.2, 0.25) is 0 Å². The van der Waals surface area contributed by atoms with Gasteiger partial charge in [-0.05, 0) is 25.5 Å². The molecule has 1 heterocycles. The van der Waals surface area contributed by atoms with E-state index in [-0.39, 0.29) is 6.16 Å². The van der Waals surface area contributed by atoms with Gasteiger partial charge in [-0.25, -0.2) is 0 Å². The lowest BCUT2D eigenvalue weighted by atomic mass is 9.94. The summed E-state index contributed by atoms with van der Waals surface area (Å²) in [7, 11) is -3.14. The Morgan fingerprint density at radius 3 is 2.33 bits per heavy atom. The third-order valence-corrected chi connectivity index (χ3v) is 5.53. The molecule has 0 saturated heterocycles. The second-order valence-electron chi connectivity index (χ2n) is 5.01. The Hall–Kier alpha value is -1.22. The third kappa shape index (κ3) is 4.37. The summed E-state index contributed by atoms with van der Waals surface area (Å²) in [6.45, 7) is 4.38. The van der Waals surface area contributed by atoms with Gasteiger partial charge in [0, 0.05) is 12.6 Å². The molecule has 1 aliphatic rings. The topological polar surface area (TPSA) is 47.9 Å². The number of hydrogen-bond acceptors (Lipinski definition) is 4. The van der Waals surface area contributed by atoms with Crippen molar-refractivity contribution in [3.8, 4) is 0 Å². The van der Waals surface area contributed by atoms with Gasteiger partial charge in [-0.2, -0.15) is 0 Å². The Kier molecular flexibility index (Phi) is 5.51. The number of rotatable bonds is 8. The molecule has 1 unspecified atom stereocenters. The second kappa shape index (κ2) is 7.17. The van der Waals surface area contributed by atoms with E-state index < -0.39 is 13.1 Å². The number of benzene rings is 1. The van der Waals surface area contributed by atoms with Gasteiger partial charge in [0.1, 0.15) is 0 Å². The molecule has 0 N–H and O–H groups in total. The first kappa shape index (κ1) is 16.2. The molecule has 1 aromatic rings. The van der Waals surface area contributed by atoms with Crippen molar-refractivity contribution in [3.05, 3.63) is 48.0 Å². The quantitative estimate of drug-likeness (QED) is 0.685. The molecule has 0 spiro atoms. The molecule has 0 bridgehead atoms. The maximum Gasteiger partial charge on any atom is 0.333 e. The predicted molar refractivity (Wildman–Crippen MR) is 86.2 cm³/mol. The number of aliphatic imine (C=N–C) groups is 1. The summed E-state index contributed by atoms with van der Waals surface area (Å²) < 4.78 is 23.7. The van der Waals surface area contributed by atoms with E-state index in [9.17, 15) is 4.57 Å². The first-order valence-corrected chi connectivity index (χ1v) is 8.99. The SMILES string of the molecule is CCOP(=O)(CC1(Cc2ccccc2)C=CC=N1)OCC. The molecule has 114 valence electrons. The van der Waals surface area contributed by atoms with Crippen molar-refractivity contribution in [2.24, 2.45) is 4.99 Å². The van der Waals surface area contributed by atoms with Gasteiger partial charge >= 0.3 is 7.60 Å². The largest absolute Gasteiger partial charge is 0.333 e. The van der Waals surface area contributed by atoms with Gasteiger partial charge in [0.15, 0.2) is 0 Å². The van der Waals surface area contributed by atoms with Crippen LogP contribution in [0.1, 0.15) is 19.4 Å². The van der Waals surface area contributed by atoms with Crippen LogP contribution in [0.5, 0.6) is 0 Å². The van der Waals surface area contributed by atoms with Crippen molar-refractivity contribution in [2.75, 3.05) is 19.4 Å². The van der Waals surface area contributed by atoms with Crippen molar-refractivity contribution in [1.29, 1.82) is 0 Å². The fourth-order valence-corrected chi connectivity index (χ4v) is 4.53. The van der Waals surface area contributed by atoms with E-state index in [1.54, 1.807) is 6.21 Å². The highest BCUT2D eigenvalue weighted by atomic mass is 31.2. The molecule has 21 heavy (non-hydrogen) atoms. The normalized spacial score (nSPS) is 21.0. The summed E-state index contributed by atoms with van der Waals surface area (Å²) in [6, 6.07) is 10.1. The van der Waals surface area contributed by atoms with Crippen LogP contribution < -0.4 is 0 Å². The zero-order valence-electron chi connectivity index (χ0n) is 12.6. The van der Waals surface area contributed by atoms with E-state index in [1.807, 2.05) is 44.2 Å². The monoisotopic (exact) mass is 307 g/mol. The maximum atomic E-state index is 12.8. The zero-order valence-corrected chi connectivity index (χ0v) is 13.5. The van der Waals surface area contributed by atoms with Gasteiger partial charge in [-0.1, -0.05) is 36.4 Å². The molecular weight excluding hydrogens is 285 g/mol. The van der Waals surface area contributed by atoms with Crippen LogP contribution in [0.3, 0.4) is 0 Å². The fourth-order valence-electron chi connectivity index (χ4n) is 2.52. The van der Waals surface area contributed by atoms with Crippen LogP contribution in [0.4, 0.5) is 0 Å². The third-order valence-electron chi connectivity index (χ3n) is 3.30. The Morgan fingerprint density at radius 1 is 1.14 bits per heavy atom. The second-order valence-corrected chi connectivity index (χ2v) is 7.06. The average Bonchev–Trinajstić information content (AvgIpc) is 2.88. The van der Waals surface area contributed by atoms with Crippen LogP contribution in [0.25, 0.3) is 0 Å².